The van der Waals surface area contributed by atoms with Crippen LogP contribution in [0.4, 0.5) is 39.5 Å². The standard InChI is InChI=1S/C34H33F9N2O4S/c1-22(46)44-17-19-45(20-18-44)26-13-15-31(16-14-26,50(47,48)27-11-9-25(35)10-12-27)23-5-7-24(8-6-23)32(33(38,39)40,34(41,42)43)49-21-28-29(36)3-2-4-30(28)37/h2-12,26H,13-21H2,1H3. The summed E-state index contributed by atoms with van der Waals surface area (Å²) in [6.45, 7) is 1.73. The quantitative estimate of drug-likeness (QED) is 0.178. The average molecular weight is 737 g/mol. The van der Waals surface area contributed by atoms with Gasteiger partial charge in [0.2, 0.25) is 5.91 Å². The molecule has 272 valence electrons. The van der Waals surface area contributed by atoms with Gasteiger partial charge in [-0.3, -0.25) is 9.69 Å². The third kappa shape index (κ3) is 6.73. The van der Waals surface area contributed by atoms with Gasteiger partial charge in [-0.15, -0.1) is 0 Å². The summed E-state index contributed by atoms with van der Waals surface area (Å²) >= 11 is 0. The van der Waals surface area contributed by atoms with E-state index in [4.69, 9.17) is 0 Å². The highest BCUT2D eigenvalue weighted by Crippen LogP contribution is 2.54. The maximum atomic E-state index is 14.5. The molecular formula is C34H33F9N2O4S. The molecule has 0 N–H and O–H groups in total. The van der Waals surface area contributed by atoms with Crippen molar-refractivity contribution in [1.82, 2.24) is 9.80 Å². The van der Waals surface area contributed by atoms with Gasteiger partial charge in [0.1, 0.15) is 22.2 Å². The number of rotatable bonds is 8. The van der Waals surface area contributed by atoms with E-state index >= 15 is 0 Å². The second-order valence-corrected chi connectivity index (χ2v) is 14.7. The second kappa shape index (κ2) is 13.8. The first-order chi connectivity index (χ1) is 23.3. The van der Waals surface area contributed by atoms with E-state index in [1.807, 2.05) is 0 Å². The predicted molar refractivity (Wildman–Crippen MR) is 163 cm³/mol. The fourth-order valence-corrected chi connectivity index (χ4v) is 9.15. The van der Waals surface area contributed by atoms with E-state index in [0.717, 1.165) is 42.5 Å². The van der Waals surface area contributed by atoms with E-state index in [1.54, 1.807) is 4.90 Å². The zero-order chi connectivity index (χ0) is 36.7. The van der Waals surface area contributed by atoms with Gasteiger partial charge in [-0.05, 0) is 67.6 Å². The van der Waals surface area contributed by atoms with Crippen LogP contribution >= 0.6 is 0 Å². The van der Waals surface area contributed by atoms with E-state index in [0.29, 0.717) is 50.4 Å². The number of alkyl halides is 6. The zero-order valence-electron chi connectivity index (χ0n) is 26.6. The van der Waals surface area contributed by atoms with Crippen LogP contribution in [0.3, 0.4) is 0 Å². The number of hydrogen-bond donors (Lipinski definition) is 0. The molecule has 1 saturated heterocycles. The molecule has 0 unspecified atom stereocenters. The van der Waals surface area contributed by atoms with Crippen molar-refractivity contribution in [3.05, 3.63) is 101 Å². The molecule has 0 atom stereocenters. The number of hydrogen-bond acceptors (Lipinski definition) is 5. The van der Waals surface area contributed by atoms with Crippen molar-refractivity contribution in [1.29, 1.82) is 0 Å². The number of halogens is 9. The minimum Gasteiger partial charge on any atom is -0.349 e. The Morgan fingerprint density at radius 3 is 1.80 bits per heavy atom. The molecule has 1 saturated carbocycles. The number of benzene rings is 3. The minimum atomic E-state index is -6.18. The Hall–Kier alpha value is -3.63. The topological polar surface area (TPSA) is 66.9 Å². The van der Waals surface area contributed by atoms with Gasteiger partial charge >= 0.3 is 12.4 Å². The maximum Gasteiger partial charge on any atom is 0.430 e. The number of ether oxygens (including phenoxy) is 1. The van der Waals surface area contributed by atoms with Crippen LogP contribution in [0, 0.1) is 17.5 Å². The van der Waals surface area contributed by atoms with Gasteiger partial charge < -0.3 is 9.64 Å². The van der Waals surface area contributed by atoms with Crippen LogP contribution in [-0.4, -0.2) is 68.7 Å². The molecule has 50 heavy (non-hydrogen) atoms. The SMILES string of the molecule is CC(=O)N1CCN(C2CCC(c3ccc(C(OCc4c(F)cccc4F)(C(F)(F)F)C(F)(F)F)cc3)(S(=O)(=O)c3ccc(F)cc3)CC2)CC1. The van der Waals surface area contributed by atoms with E-state index in [9.17, 15) is 52.7 Å². The van der Waals surface area contributed by atoms with Crippen LogP contribution in [0.15, 0.2) is 71.6 Å². The second-order valence-electron chi connectivity index (χ2n) is 12.5. The first-order valence-electron chi connectivity index (χ1n) is 15.6. The summed E-state index contributed by atoms with van der Waals surface area (Å²) in [6, 6.07) is 8.67. The Morgan fingerprint density at radius 2 is 1.32 bits per heavy atom. The molecule has 0 spiro atoms. The molecule has 3 aromatic rings. The highest BCUT2D eigenvalue weighted by Gasteiger charge is 2.73. The maximum absolute atomic E-state index is 14.5. The average Bonchev–Trinajstić information content (AvgIpc) is 3.05. The molecule has 1 amide bonds. The molecular weight excluding hydrogens is 703 g/mol. The van der Waals surface area contributed by atoms with Crippen molar-refractivity contribution in [3.63, 3.8) is 0 Å². The summed E-state index contributed by atoms with van der Waals surface area (Å²) in [6.07, 6.45) is -11.9. The predicted octanol–water partition coefficient (Wildman–Crippen LogP) is 7.42. The third-order valence-corrected chi connectivity index (χ3v) is 12.4. The molecule has 1 heterocycles. The third-order valence-electron chi connectivity index (χ3n) is 9.79. The van der Waals surface area contributed by atoms with Crippen molar-refractivity contribution in [3.8, 4) is 0 Å². The highest BCUT2D eigenvalue weighted by molar-refractivity contribution is 7.92. The van der Waals surface area contributed by atoms with Crippen LogP contribution in [0.5, 0.6) is 0 Å². The molecule has 5 rings (SSSR count). The van der Waals surface area contributed by atoms with E-state index in [-0.39, 0.29) is 48.1 Å². The lowest BCUT2D eigenvalue weighted by atomic mass is 9.79. The summed E-state index contributed by atoms with van der Waals surface area (Å²) < 4.78 is 161. The van der Waals surface area contributed by atoms with Crippen molar-refractivity contribution >= 4 is 15.7 Å². The molecule has 0 aromatic heterocycles. The Morgan fingerprint density at radius 1 is 0.800 bits per heavy atom. The van der Waals surface area contributed by atoms with Gasteiger partial charge in [0.15, 0.2) is 9.84 Å². The monoisotopic (exact) mass is 736 g/mol. The van der Waals surface area contributed by atoms with Crippen LogP contribution < -0.4 is 0 Å². The number of carbonyl (C=O) groups is 1. The largest absolute Gasteiger partial charge is 0.430 e. The van der Waals surface area contributed by atoms with Gasteiger partial charge in [-0.2, -0.15) is 26.3 Å². The summed E-state index contributed by atoms with van der Waals surface area (Å²) in [5.41, 5.74) is -7.77. The number of nitrogens with zero attached hydrogens (tertiary/aromatic N) is 2. The van der Waals surface area contributed by atoms with Crippen LogP contribution in [0.25, 0.3) is 0 Å². The van der Waals surface area contributed by atoms with Crippen molar-refractivity contribution in [2.24, 2.45) is 0 Å². The van der Waals surface area contributed by atoms with Gasteiger partial charge in [-0.25, -0.2) is 21.6 Å². The van der Waals surface area contributed by atoms with Crippen molar-refractivity contribution in [2.45, 2.75) is 72.9 Å². The molecule has 3 aromatic carbocycles. The Kier molecular flexibility index (Phi) is 10.4. The Bertz CT molecular complexity index is 1750. The minimum absolute atomic E-state index is 0.0730. The fraction of sp³-hybridized carbons (Fsp3) is 0.441. The molecule has 1 aliphatic carbocycles. The van der Waals surface area contributed by atoms with Crippen LogP contribution in [-0.2, 0) is 36.3 Å². The molecule has 1 aliphatic heterocycles. The number of carbonyl (C=O) groups excluding carboxylic acids is 1. The van der Waals surface area contributed by atoms with E-state index < -0.39 is 67.7 Å². The fourth-order valence-electron chi connectivity index (χ4n) is 6.98. The molecule has 2 fully saturated rings. The Balaban J connectivity index is 1.54. The summed E-state index contributed by atoms with van der Waals surface area (Å²) in [4.78, 5) is 15.3. The summed E-state index contributed by atoms with van der Waals surface area (Å²) in [7, 11) is -4.43. The van der Waals surface area contributed by atoms with Gasteiger partial charge in [0, 0.05) is 50.3 Å². The molecule has 0 radical (unpaired) electrons. The Labute approximate surface area is 282 Å². The molecule has 0 bridgehead atoms. The van der Waals surface area contributed by atoms with E-state index in [1.165, 1.54) is 6.92 Å². The van der Waals surface area contributed by atoms with E-state index in [2.05, 4.69) is 9.64 Å². The van der Waals surface area contributed by atoms with Crippen LogP contribution in [0.1, 0.15) is 49.3 Å². The normalized spacial score (nSPS) is 21.3. The zero-order valence-corrected chi connectivity index (χ0v) is 27.4. The first-order valence-corrected chi connectivity index (χ1v) is 17.1. The summed E-state index contributed by atoms with van der Waals surface area (Å²) in [5, 5.41) is 0. The first kappa shape index (κ1) is 37.6. The van der Waals surface area contributed by atoms with Gasteiger partial charge in [-0.1, -0.05) is 30.3 Å². The molecule has 16 heteroatoms. The lowest BCUT2D eigenvalue weighted by Crippen LogP contribution is -2.56. The molecule has 6 nitrogen and oxygen atoms in total. The lowest BCUT2D eigenvalue weighted by Gasteiger charge is -2.45. The number of sulfone groups is 1. The summed E-state index contributed by atoms with van der Waals surface area (Å²) in [5.74, 6) is -3.63. The van der Waals surface area contributed by atoms with Crippen LogP contribution in [0.2, 0.25) is 0 Å². The lowest BCUT2D eigenvalue weighted by molar-refractivity contribution is -0.392. The smallest absolute Gasteiger partial charge is 0.349 e. The number of piperazine rings is 1. The van der Waals surface area contributed by atoms with Gasteiger partial charge in [0.25, 0.3) is 5.60 Å². The van der Waals surface area contributed by atoms with Crippen molar-refractivity contribution in [2.75, 3.05) is 26.2 Å². The van der Waals surface area contributed by atoms with Gasteiger partial charge in [0.05, 0.1) is 11.5 Å². The number of amides is 1. The van der Waals surface area contributed by atoms with Crippen molar-refractivity contribution < 1.29 is 57.5 Å². The highest BCUT2D eigenvalue weighted by atomic mass is 32.2. The molecule has 2 aliphatic rings.